The highest BCUT2D eigenvalue weighted by Gasteiger charge is 2.14. The molecule has 0 fully saturated rings. The molecule has 94 valence electrons. The highest BCUT2D eigenvalue weighted by molar-refractivity contribution is 9.10. The van der Waals surface area contributed by atoms with Crippen LogP contribution in [0, 0.1) is 6.92 Å². The lowest BCUT2D eigenvalue weighted by atomic mass is 10.1. The molecule has 2 aromatic rings. The van der Waals surface area contributed by atoms with Crippen LogP contribution in [-0.2, 0) is 4.74 Å². The number of esters is 1. The number of hydrogen-bond acceptors (Lipinski definition) is 3. The number of carbonyl (C=O) groups is 1. The van der Waals surface area contributed by atoms with Crippen molar-refractivity contribution in [1.82, 2.24) is 4.98 Å². The Bertz CT molecular complexity index is 709. The third kappa shape index (κ3) is 2.04. The molecule has 1 aromatic heterocycles. The second kappa shape index (κ2) is 4.74. The minimum atomic E-state index is -0.590. The van der Waals surface area contributed by atoms with E-state index >= 15 is 0 Å². The first-order chi connectivity index (χ1) is 8.45. The van der Waals surface area contributed by atoms with Crippen LogP contribution in [0.3, 0.4) is 0 Å². The van der Waals surface area contributed by atoms with Crippen molar-refractivity contribution < 1.29 is 9.53 Å². The zero-order chi connectivity index (χ0) is 13.4. The third-order valence-electron chi connectivity index (χ3n) is 2.66. The van der Waals surface area contributed by atoms with E-state index in [2.05, 4.69) is 25.7 Å². The van der Waals surface area contributed by atoms with Crippen molar-refractivity contribution in [3.63, 3.8) is 0 Å². The Morgan fingerprint density at radius 2 is 2.11 bits per heavy atom. The lowest BCUT2D eigenvalue weighted by molar-refractivity contribution is 0.0594. The number of pyridine rings is 1. The van der Waals surface area contributed by atoms with Gasteiger partial charge in [0.05, 0.1) is 17.6 Å². The summed E-state index contributed by atoms with van der Waals surface area (Å²) in [5.41, 5.74) is 1.08. The van der Waals surface area contributed by atoms with Crippen molar-refractivity contribution >= 4 is 44.4 Å². The number of aromatic amines is 1. The molecule has 1 N–H and O–H groups in total. The SMILES string of the molecule is COC(=O)c1cc(=O)c2cc(Br)c(Cl)c(C)c2[nH]1. The molecule has 0 aliphatic rings. The summed E-state index contributed by atoms with van der Waals surface area (Å²) in [6.07, 6.45) is 0. The monoisotopic (exact) mass is 329 g/mol. The maximum atomic E-state index is 11.9. The number of fused-ring (bicyclic) bond motifs is 1. The van der Waals surface area contributed by atoms with E-state index < -0.39 is 5.97 Å². The molecule has 0 aliphatic heterocycles. The average molecular weight is 331 g/mol. The van der Waals surface area contributed by atoms with Gasteiger partial charge < -0.3 is 9.72 Å². The Kier molecular flexibility index (Phi) is 3.45. The minimum absolute atomic E-state index is 0.108. The number of hydrogen-bond donors (Lipinski definition) is 1. The number of ether oxygens (including phenoxy) is 1. The molecule has 0 bridgehead atoms. The molecule has 0 saturated heterocycles. The summed E-state index contributed by atoms with van der Waals surface area (Å²) in [4.78, 5) is 26.3. The smallest absolute Gasteiger partial charge is 0.354 e. The molecule has 1 aromatic carbocycles. The van der Waals surface area contributed by atoms with E-state index in [9.17, 15) is 9.59 Å². The van der Waals surface area contributed by atoms with E-state index in [4.69, 9.17) is 11.6 Å². The molecule has 0 aliphatic carbocycles. The van der Waals surface area contributed by atoms with Crippen LogP contribution in [-0.4, -0.2) is 18.1 Å². The Balaban J connectivity index is 2.88. The number of benzene rings is 1. The Morgan fingerprint density at radius 3 is 2.72 bits per heavy atom. The third-order valence-corrected chi connectivity index (χ3v) is 4.00. The molecule has 0 saturated carbocycles. The largest absolute Gasteiger partial charge is 0.464 e. The van der Waals surface area contributed by atoms with Gasteiger partial charge in [0.2, 0.25) is 0 Å². The van der Waals surface area contributed by atoms with E-state index in [1.165, 1.54) is 13.2 Å². The van der Waals surface area contributed by atoms with E-state index in [0.717, 1.165) is 0 Å². The molecule has 4 nitrogen and oxygen atoms in total. The van der Waals surface area contributed by atoms with Gasteiger partial charge in [0.1, 0.15) is 5.69 Å². The Hall–Kier alpha value is -1.33. The number of methoxy groups -OCH3 is 1. The van der Waals surface area contributed by atoms with Gasteiger partial charge in [0.25, 0.3) is 0 Å². The molecule has 0 unspecified atom stereocenters. The van der Waals surface area contributed by atoms with Crippen LogP contribution in [0.2, 0.25) is 5.02 Å². The maximum Gasteiger partial charge on any atom is 0.354 e. The summed E-state index contributed by atoms with van der Waals surface area (Å²) in [7, 11) is 1.26. The molecule has 18 heavy (non-hydrogen) atoms. The molecule has 6 heteroatoms. The van der Waals surface area contributed by atoms with Crippen LogP contribution >= 0.6 is 27.5 Å². The average Bonchev–Trinajstić information content (AvgIpc) is 2.36. The van der Waals surface area contributed by atoms with Gasteiger partial charge in [0.15, 0.2) is 5.43 Å². The quantitative estimate of drug-likeness (QED) is 0.818. The summed E-state index contributed by atoms with van der Waals surface area (Å²) < 4.78 is 5.23. The van der Waals surface area contributed by atoms with Crippen molar-refractivity contribution in [1.29, 1.82) is 0 Å². The van der Waals surface area contributed by atoms with Crippen molar-refractivity contribution in [2.45, 2.75) is 6.92 Å². The highest BCUT2D eigenvalue weighted by atomic mass is 79.9. The van der Waals surface area contributed by atoms with Crippen LogP contribution in [0.4, 0.5) is 0 Å². The number of nitrogens with one attached hydrogen (secondary N) is 1. The molecule has 0 amide bonds. The van der Waals surface area contributed by atoms with Crippen LogP contribution in [0.5, 0.6) is 0 Å². The number of carbonyl (C=O) groups excluding carboxylic acids is 1. The topological polar surface area (TPSA) is 59.2 Å². The fourth-order valence-electron chi connectivity index (χ4n) is 1.71. The van der Waals surface area contributed by atoms with Crippen molar-refractivity contribution in [3.05, 3.63) is 43.1 Å². The zero-order valence-corrected chi connectivity index (χ0v) is 12.0. The van der Waals surface area contributed by atoms with Gasteiger partial charge in [-0.15, -0.1) is 0 Å². The van der Waals surface area contributed by atoms with Gasteiger partial charge in [-0.25, -0.2) is 4.79 Å². The molecular weight excluding hydrogens is 321 g/mol. The molecule has 0 atom stereocenters. The number of aryl methyl sites for hydroxylation is 1. The van der Waals surface area contributed by atoms with E-state index in [1.54, 1.807) is 13.0 Å². The Morgan fingerprint density at radius 1 is 1.44 bits per heavy atom. The van der Waals surface area contributed by atoms with Gasteiger partial charge in [-0.1, -0.05) is 11.6 Å². The van der Waals surface area contributed by atoms with Crippen LogP contribution in [0.25, 0.3) is 10.9 Å². The predicted molar refractivity (Wildman–Crippen MR) is 73.4 cm³/mol. The lowest BCUT2D eigenvalue weighted by Gasteiger charge is -2.08. The molecule has 0 spiro atoms. The molecule has 1 heterocycles. The number of aromatic nitrogens is 1. The number of H-pyrrole nitrogens is 1. The molecule has 2 rings (SSSR count). The second-order valence-corrected chi connectivity index (χ2v) is 4.99. The van der Waals surface area contributed by atoms with E-state index in [1.807, 2.05) is 0 Å². The van der Waals surface area contributed by atoms with Crippen LogP contribution in [0.1, 0.15) is 16.1 Å². The second-order valence-electron chi connectivity index (χ2n) is 3.76. The predicted octanol–water partition coefficient (Wildman–Crippen LogP) is 3.04. The van der Waals surface area contributed by atoms with Gasteiger partial charge in [-0.3, -0.25) is 4.79 Å². The van der Waals surface area contributed by atoms with E-state index in [-0.39, 0.29) is 11.1 Å². The number of rotatable bonds is 1. The summed E-state index contributed by atoms with van der Waals surface area (Å²) in [6.45, 7) is 1.77. The minimum Gasteiger partial charge on any atom is -0.464 e. The summed E-state index contributed by atoms with van der Waals surface area (Å²) in [6, 6.07) is 2.85. The van der Waals surface area contributed by atoms with Gasteiger partial charge >= 0.3 is 5.97 Å². The van der Waals surface area contributed by atoms with Gasteiger partial charge in [0, 0.05) is 15.9 Å². The molecular formula is C12H9BrClNO3. The number of halogens is 2. The zero-order valence-electron chi connectivity index (χ0n) is 9.64. The van der Waals surface area contributed by atoms with Gasteiger partial charge in [-0.2, -0.15) is 0 Å². The molecule has 0 radical (unpaired) electrons. The summed E-state index contributed by atoms with van der Waals surface area (Å²) in [5.74, 6) is -0.590. The summed E-state index contributed by atoms with van der Waals surface area (Å²) in [5, 5.41) is 0.969. The van der Waals surface area contributed by atoms with Crippen molar-refractivity contribution in [2.24, 2.45) is 0 Å². The normalized spacial score (nSPS) is 10.7. The van der Waals surface area contributed by atoms with E-state index in [0.29, 0.717) is 26.0 Å². The van der Waals surface area contributed by atoms with Crippen LogP contribution in [0.15, 0.2) is 21.4 Å². The first kappa shape index (κ1) is 13.1. The summed E-state index contributed by atoms with van der Waals surface area (Å²) >= 11 is 9.38. The standard InChI is InChI=1S/C12H9BrClNO3/c1-5-10(14)7(13)3-6-9(16)4-8(12(17)18-2)15-11(5)6/h3-4H,1-2H3,(H,15,16). The fourth-order valence-corrected chi connectivity index (χ4v) is 2.38. The lowest BCUT2D eigenvalue weighted by Crippen LogP contribution is -2.12. The fraction of sp³-hybridized carbons (Fsp3) is 0.167. The first-order valence-electron chi connectivity index (χ1n) is 5.05. The van der Waals surface area contributed by atoms with Crippen molar-refractivity contribution in [2.75, 3.05) is 7.11 Å². The highest BCUT2D eigenvalue weighted by Crippen LogP contribution is 2.30. The van der Waals surface area contributed by atoms with Gasteiger partial charge in [-0.05, 0) is 34.5 Å². The van der Waals surface area contributed by atoms with Crippen LogP contribution < -0.4 is 5.43 Å². The van der Waals surface area contributed by atoms with Crippen molar-refractivity contribution in [3.8, 4) is 0 Å². The first-order valence-corrected chi connectivity index (χ1v) is 6.22. The Labute approximate surface area is 116 Å². The maximum absolute atomic E-state index is 11.9.